The molecule has 0 fully saturated rings. The highest BCUT2D eigenvalue weighted by molar-refractivity contribution is 6.27. The molecule has 3 aliphatic rings. The molecule has 6 nitrogen and oxygen atoms in total. The Morgan fingerprint density at radius 1 is 0.412 bits per heavy atom. The number of H-pyrrole nitrogens is 2. The van der Waals surface area contributed by atoms with Gasteiger partial charge in [0.05, 0.1) is 45.1 Å². The lowest BCUT2D eigenvalue weighted by atomic mass is 9.86. The van der Waals surface area contributed by atoms with Crippen LogP contribution in [0.2, 0.25) is 0 Å². The highest BCUT2D eigenvalue weighted by Gasteiger charge is 2.31. The van der Waals surface area contributed by atoms with Gasteiger partial charge in [0.25, 0.3) is 0 Å². The standard InChI is InChI=1S/C45H29N5O/c46-42-41-43-40(29-18-10-11-19-30(29)45(41)51)36-25-23-34(49-36)38(27-14-6-2-7-15-27)32-21-20-31(47-32)37(26-12-4-1-5-13-26)33-22-24-35(48-33)39(44(42)50-43)28-16-8-3-9-17-28/h1-25,47,50H,46H2. The highest BCUT2D eigenvalue weighted by Crippen LogP contribution is 2.45. The number of aromatic amines is 2. The smallest absolute Gasteiger partial charge is 0.197 e. The van der Waals surface area contributed by atoms with Crippen LogP contribution < -0.4 is 5.73 Å². The Hall–Kier alpha value is -7.05. The summed E-state index contributed by atoms with van der Waals surface area (Å²) in [6.45, 7) is 0. The van der Waals surface area contributed by atoms with Crippen LogP contribution in [0.15, 0.2) is 127 Å². The number of benzene rings is 4. The minimum atomic E-state index is -0.118. The number of nitrogens with one attached hydrogen (secondary N) is 2. The molecule has 0 radical (unpaired) electrons. The average Bonchev–Trinajstić information content (AvgIpc) is 4.00. The van der Waals surface area contributed by atoms with Crippen molar-refractivity contribution in [1.82, 2.24) is 19.9 Å². The average molecular weight is 656 g/mol. The molecule has 4 N–H and O–H groups in total. The third kappa shape index (κ3) is 4.47. The lowest BCUT2D eigenvalue weighted by Crippen LogP contribution is -2.10. The van der Waals surface area contributed by atoms with Crippen LogP contribution in [0.5, 0.6) is 0 Å². The summed E-state index contributed by atoms with van der Waals surface area (Å²) in [5.74, 6) is -0.118. The maximum absolute atomic E-state index is 14.3. The summed E-state index contributed by atoms with van der Waals surface area (Å²) in [5.41, 5.74) is 22.2. The van der Waals surface area contributed by atoms with Crippen molar-refractivity contribution in [2.24, 2.45) is 0 Å². The van der Waals surface area contributed by atoms with Crippen LogP contribution in [-0.4, -0.2) is 25.7 Å². The first-order valence-electron chi connectivity index (χ1n) is 16.9. The van der Waals surface area contributed by atoms with Gasteiger partial charge in [-0.2, -0.15) is 0 Å². The highest BCUT2D eigenvalue weighted by atomic mass is 16.1. The Morgan fingerprint density at radius 2 is 0.843 bits per heavy atom. The summed E-state index contributed by atoms with van der Waals surface area (Å²) in [6.07, 6.45) is 8.19. The maximum Gasteiger partial charge on any atom is 0.197 e. The fourth-order valence-corrected chi connectivity index (χ4v) is 7.66. The van der Waals surface area contributed by atoms with Crippen LogP contribution in [0.4, 0.5) is 5.69 Å². The van der Waals surface area contributed by atoms with Crippen molar-refractivity contribution < 1.29 is 4.79 Å². The van der Waals surface area contributed by atoms with Crippen molar-refractivity contribution in [3.63, 3.8) is 0 Å². The molecule has 240 valence electrons. The lowest BCUT2D eigenvalue weighted by molar-refractivity contribution is 0.104. The quantitative estimate of drug-likeness (QED) is 0.176. The Kier molecular flexibility index (Phi) is 6.38. The summed E-state index contributed by atoms with van der Waals surface area (Å²) in [7, 11) is 0. The topological polar surface area (TPSA) is 100 Å². The van der Waals surface area contributed by atoms with Gasteiger partial charge in [-0.3, -0.25) is 4.79 Å². The van der Waals surface area contributed by atoms with Gasteiger partial charge in [-0.15, -0.1) is 0 Å². The first kappa shape index (κ1) is 28.9. The van der Waals surface area contributed by atoms with E-state index in [-0.39, 0.29) is 5.78 Å². The number of hydrogen-bond acceptors (Lipinski definition) is 4. The first-order chi connectivity index (χ1) is 25.1. The van der Waals surface area contributed by atoms with E-state index in [0.29, 0.717) is 27.8 Å². The van der Waals surface area contributed by atoms with Crippen molar-refractivity contribution in [2.75, 3.05) is 5.73 Å². The molecule has 6 heteroatoms. The summed E-state index contributed by atoms with van der Waals surface area (Å²) < 4.78 is 0. The normalized spacial score (nSPS) is 12.7. The molecular formula is C45H29N5O. The monoisotopic (exact) mass is 655 g/mol. The molecule has 4 aromatic carbocycles. The summed E-state index contributed by atoms with van der Waals surface area (Å²) in [4.78, 5) is 32.4. The van der Waals surface area contributed by atoms with Gasteiger partial charge < -0.3 is 15.7 Å². The maximum atomic E-state index is 14.3. The molecule has 0 atom stereocenters. The van der Waals surface area contributed by atoms with E-state index in [4.69, 9.17) is 15.7 Å². The number of anilines is 1. The Labute approximate surface area is 293 Å². The van der Waals surface area contributed by atoms with Gasteiger partial charge in [-0.05, 0) is 58.7 Å². The van der Waals surface area contributed by atoms with E-state index >= 15 is 0 Å². The molecule has 0 spiro atoms. The van der Waals surface area contributed by atoms with Crippen molar-refractivity contribution in [2.45, 2.75) is 0 Å². The third-order valence-corrected chi connectivity index (χ3v) is 9.92. The summed E-state index contributed by atoms with van der Waals surface area (Å²) in [6, 6.07) is 42.7. The van der Waals surface area contributed by atoms with Gasteiger partial charge in [0, 0.05) is 38.9 Å². The zero-order valence-corrected chi connectivity index (χ0v) is 27.3. The molecular weight excluding hydrogens is 627 g/mol. The minimum Gasteiger partial charge on any atom is -0.396 e. The second-order valence-corrected chi connectivity index (χ2v) is 12.9. The Balaban J connectivity index is 1.46. The zero-order chi connectivity index (χ0) is 34.1. The fraction of sp³-hybridized carbons (Fsp3) is 0. The molecule has 0 unspecified atom stereocenters. The Bertz CT molecular complexity index is 2810. The number of hydrogen-bond donors (Lipinski definition) is 3. The van der Waals surface area contributed by atoms with Gasteiger partial charge in [0.2, 0.25) is 0 Å². The minimum absolute atomic E-state index is 0.118. The molecule has 3 aromatic heterocycles. The van der Waals surface area contributed by atoms with Gasteiger partial charge in [0.15, 0.2) is 5.78 Å². The predicted octanol–water partition coefficient (Wildman–Crippen LogP) is 10.5. The second kappa shape index (κ2) is 11.3. The van der Waals surface area contributed by atoms with Crippen LogP contribution in [0, 0.1) is 0 Å². The molecule has 0 amide bonds. The van der Waals surface area contributed by atoms with E-state index in [2.05, 4.69) is 58.5 Å². The van der Waals surface area contributed by atoms with Crippen molar-refractivity contribution in [3.05, 3.63) is 161 Å². The number of ketones is 1. The number of nitrogen functional groups attached to an aromatic ring is 1. The van der Waals surface area contributed by atoms with E-state index in [1.54, 1.807) is 0 Å². The fourth-order valence-electron chi connectivity index (χ4n) is 7.66. The van der Waals surface area contributed by atoms with Crippen LogP contribution in [-0.2, 0) is 0 Å². The largest absolute Gasteiger partial charge is 0.396 e. The molecule has 7 aromatic rings. The molecule has 51 heavy (non-hydrogen) atoms. The summed E-state index contributed by atoms with van der Waals surface area (Å²) in [5, 5.41) is 0. The zero-order valence-electron chi connectivity index (χ0n) is 27.3. The number of carbonyl (C=O) groups is 1. The van der Waals surface area contributed by atoms with Crippen LogP contribution >= 0.6 is 0 Å². The van der Waals surface area contributed by atoms with Gasteiger partial charge in [-0.25, -0.2) is 9.97 Å². The van der Waals surface area contributed by atoms with Gasteiger partial charge in [0.1, 0.15) is 0 Å². The number of fused-ring (bicyclic) bond motifs is 10. The Morgan fingerprint density at radius 3 is 1.37 bits per heavy atom. The van der Waals surface area contributed by atoms with Gasteiger partial charge in [-0.1, -0.05) is 115 Å². The first-order valence-corrected chi connectivity index (χ1v) is 16.9. The second-order valence-electron chi connectivity index (χ2n) is 12.9. The molecule has 0 saturated carbocycles. The van der Waals surface area contributed by atoms with E-state index in [9.17, 15) is 4.79 Å². The van der Waals surface area contributed by atoms with Crippen molar-refractivity contribution in [3.8, 4) is 44.5 Å². The number of aromatic nitrogens is 4. The van der Waals surface area contributed by atoms with E-state index in [1.807, 2.05) is 103 Å². The van der Waals surface area contributed by atoms with Crippen molar-refractivity contribution >= 4 is 57.8 Å². The number of nitrogens with zero attached hydrogens (tertiary/aromatic N) is 2. The molecule has 1 aliphatic carbocycles. The SMILES string of the molecule is Nc1c2c3[nH]c1c(-c1ccccc1)c1nc(c(-c4ccccc4)c4ccc([nH]4)c(-c4ccccc4)c4nc(c3-c3ccccc3C2=O)C=C4)C=C1. The van der Waals surface area contributed by atoms with E-state index < -0.39 is 0 Å². The molecule has 10 rings (SSSR count). The molecule has 0 saturated heterocycles. The van der Waals surface area contributed by atoms with Crippen LogP contribution in [0.3, 0.4) is 0 Å². The third-order valence-electron chi connectivity index (χ3n) is 9.92. The van der Waals surface area contributed by atoms with Crippen molar-refractivity contribution in [1.29, 1.82) is 0 Å². The van der Waals surface area contributed by atoms with E-state index in [0.717, 1.165) is 78.3 Å². The molecule has 5 heterocycles. The number of carbonyl (C=O) groups excluding carboxylic acids is 1. The molecule has 8 bridgehead atoms. The van der Waals surface area contributed by atoms with E-state index in [1.165, 1.54) is 0 Å². The molecule has 2 aliphatic heterocycles. The van der Waals surface area contributed by atoms with Crippen LogP contribution in [0.1, 0.15) is 38.7 Å². The van der Waals surface area contributed by atoms with Crippen LogP contribution in [0.25, 0.3) is 90.9 Å². The predicted molar refractivity (Wildman–Crippen MR) is 208 cm³/mol. The number of rotatable bonds is 3. The lowest BCUT2D eigenvalue weighted by Gasteiger charge is -2.16. The number of nitrogens with two attached hydrogens (primary N) is 1. The summed E-state index contributed by atoms with van der Waals surface area (Å²) >= 11 is 0. The van der Waals surface area contributed by atoms with Gasteiger partial charge >= 0.3 is 0 Å².